The van der Waals surface area contributed by atoms with Gasteiger partial charge in [0.25, 0.3) is 0 Å². The van der Waals surface area contributed by atoms with Gasteiger partial charge in [0.1, 0.15) is 0 Å². The van der Waals surface area contributed by atoms with E-state index in [-0.39, 0.29) is 12.1 Å². The number of unbranched alkanes of at least 4 members (excludes halogenated alkanes) is 1. The van der Waals surface area contributed by atoms with Crippen molar-refractivity contribution in [1.82, 2.24) is 4.90 Å². The molecule has 4 heteroatoms. The molecular formula is C13H25NO3. The molecule has 0 N–H and O–H groups in total. The van der Waals surface area contributed by atoms with E-state index < -0.39 is 0 Å². The van der Waals surface area contributed by atoms with Gasteiger partial charge in [0.15, 0.2) is 0 Å². The van der Waals surface area contributed by atoms with Crippen LogP contribution in [0.25, 0.3) is 0 Å². The third kappa shape index (κ3) is 6.64. The van der Waals surface area contributed by atoms with E-state index in [2.05, 4.69) is 6.92 Å². The summed E-state index contributed by atoms with van der Waals surface area (Å²) in [6.07, 6.45) is 5.80. The zero-order valence-corrected chi connectivity index (χ0v) is 11.1. The molecule has 1 heterocycles. The highest BCUT2D eigenvalue weighted by Gasteiger charge is 2.17. The fraction of sp³-hybridized carbons (Fsp3) is 0.923. The first kappa shape index (κ1) is 14.5. The van der Waals surface area contributed by atoms with E-state index in [0.717, 1.165) is 32.4 Å². The number of hydrogen-bond donors (Lipinski definition) is 0. The van der Waals surface area contributed by atoms with E-state index >= 15 is 0 Å². The highest BCUT2D eigenvalue weighted by Crippen LogP contribution is 2.13. The fourth-order valence-electron chi connectivity index (χ4n) is 1.96. The second kappa shape index (κ2) is 8.48. The van der Waals surface area contributed by atoms with E-state index in [1.165, 1.54) is 12.8 Å². The van der Waals surface area contributed by atoms with Gasteiger partial charge in [0.2, 0.25) is 0 Å². The minimum Gasteiger partial charge on any atom is -0.465 e. The van der Waals surface area contributed by atoms with E-state index in [1.807, 2.05) is 11.9 Å². The minimum absolute atomic E-state index is 0.128. The van der Waals surface area contributed by atoms with Crippen molar-refractivity contribution >= 4 is 5.97 Å². The highest BCUT2D eigenvalue weighted by molar-refractivity contribution is 5.71. The quantitative estimate of drug-likeness (QED) is 0.505. The van der Waals surface area contributed by atoms with Crippen LogP contribution in [0.15, 0.2) is 0 Å². The Labute approximate surface area is 104 Å². The summed E-state index contributed by atoms with van der Waals surface area (Å²) in [4.78, 5) is 13.5. The standard InChI is InChI=1S/C13H25NO3/c1-3-4-8-17-13(15)11-14(2)10-12-7-5-6-9-16-12/h12H,3-11H2,1-2H3. The van der Waals surface area contributed by atoms with Gasteiger partial charge in [-0.15, -0.1) is 0 Å². The molecule has 0 aromatic carbocycles. The van der Waals surface area contributed by atoms with Crippen molar-refractivity contribution in [3.63, 3.8) is 0 Å². The van der Waals surface area contributed by atoms with Crippen LogP contribution in [0.2, 0.25) is 0 Å². The Balaban J connectivity index is 2.10. The number of rotatable bonds is 7. The largest absolute Gasteiger partial charge is 0.465 e. The lowest BCUT2D eigenvalue weighted by Crippen LogP contribution is -2.36. The summed E-state index contributed by atoms with van der Waals surface area (Å²) in [6, 6.07) is 0. The predicted molar refractivity (Wildman–Crippen MR) is 67.0 cm³/mol. The Bertz CT molecular complexity index is 215. The molecule has 4 nitrogen and oxygen atoms in total. The number of ether oxygens (including phenoxy) is 2. The number of nitrogens with zero attached hydrogens (tertiary/aromatic N) is 1. The first-order valence-corrected chi connectivity index (χ1v) is 6.68. The van der Waals surface area contributed by atoms with Crippen molar-refractivity contribution < 1.29 is 14.3 Å². The molecule has 100 valence electrons. The summed E-state index contributed by atoms with van der Waals surface area (Å²) in [5.41, 5.74) is 0. The lowest BCUT2D eigenvalue weighted by atomic mass is 10.1. The van der Waals surface area contributed by atoms with Gasteiger partial charge in [-0.1, -0.05) is 13.3 Å². The maximum absolute atomic E-state index is 11.5. The van der Waals surface area contributed by atoms with Crippen molar-refractivity contribution in [2.24, 2.45) is 0 Å². The lowest BCUT2D eigenvalue weighted by molar-refractivity contribution is -0.145. The summed E-state index contributed by atoms with van der Waals surface area (Å²) in [6.45, 7) is 4.68. The van der Waals surface area contributed by atoms with Crippen molar-refractivity contribution in [3.8, 4) is 0 Å². The Hall–Kier alpha value is -0.610. The Kier molecular flexibility index (Phi) is 7.21. The Morgan fingerprint density at radius 2 is 2.29 bits per heavy atom. The van der Waals surface area contributed by atoms with Crippen molar-refractivity contribution in [1.29, 1.82) is 0 Å². The summed E-state index contributed by atoms with van der Waals surface area (Å²) < 4.78 is 10.8. The molecular weight excluding hydrogens is 218 g/mol. The molecule has 0 aromatic heterocycles. The van der Waals surface area contributed by atoms with Gasteiger partial charge in [-0.25, -0.2) is 0 Å². The molecule has 1 saturated heterocycles. The van der Waals surface area contributed by atoms with Crippen LogP contribution in [0, 0.1) is 0 Å². The van der Waals surface area contributed by atoms with Gasteiger partial charge in [-0.05, 0) is 32.7 Å². The maximum Gasteiger partial charge on any atom is 0.320 e. The van der Waals surface area contributed by atoms with Crippen LogP contribution >= 0.6 is 0 Å². The molecule has 1 unspecified atom stereocenters. The molecule has 1 atom stereocenters. The molecule has 0 spiro atoms. The first-order chi connectivity index (χ1) is 8.22. The number of carbonyl (C=O) groups is 1. The average molecular weight is 243 g/mol. The highest BCUT2D eigenvalue weighted by atomic mass is 16.5. The van der Waals surface area contributed by atoms with Gasteiger partial charge in [-0.3, -0.25) is 9.69 Å². The maximum atomic E-state index is 11.5. The van der Waals surface area contributed by atoms with Gasteiger partial charge >= 0.3 is 5.97 Å². The van der Waals surface area contributed by atoms with Crippen LogP contribution in [0.3, 0.4) is 0 Å². The molecule has 0 saturated carbocycles. The molecule has 1 fully saturated rings. The molecule has 0 aliphatic carbocycles. The van der Waals surface area contributed by atoms with E-state index in [9.17, 15) is 4.79 Å². The number of carbonyl (C=O) groups excluding carboxylic acids is 1. The van der Waals surface area contributed by atoms with Crippen molar-refractivity contribution in [2.75, 3.05) is 33.4 Å². The van der Waals surface area contributed by atoms with E-state index in [1.54, 1.807) is 0 Å². The average Bonchev–Trinajstić information content (AvgIpc) is 2.30. The second-order valence-electron chi connectivity index (χ2n) is 4.76. The van der Waals surface area contributed by atoms with Crippen LogP contribution in [-0.2, 0) is 14.3 Å². The van der Waals surface area contributed by atoms with Crippen molar-refractivity contribution in [3.05, 3.63) is 0 Å². The van der Waals surface area contributed by atoms with Crippen LogP contribution < -0.4 is 0 Å². The second-order valence-corrected chi connectivity index (χ2v) is 4.76. The molecule has 1 aliphatic heterocycles. The molecule has 0 amide bonds. The number of esters is 1. The van der Waals surface area contributed by atoms with E-state index in [4.69, 9.17) is 9.47 Å². The topological polar surface area (TPSA) is 38.8 Å². The van der Waals surface area contributed by atoms with Gasteiger partial charge in [0.05, 0.1) is 19.3 Å². The molecule has 0 radical (unpaired) electrons. The minimum atomic E-state index is -0.128. The zero-order chi connectivity index (χ0) is 12.5. The summed E-state index contributed by atoms with van der Waals surface area (Å²) in [5, 5.41) is 0. The van der Waals surface area contributed by atoms with E-state index in [0.29, 0.717) is 13.2 Å². The van der Waals surface area contributed by atoms with Crippen LogP contribution in [-0.4, -0.2) is 50.3 Å². The normalized spacial score (nSPS) is 20.5. The molecule has 17 heavy (non-hydrogen) atoms. The third-order valence-corrected chi connectivity index (χ3v) is 2.95. The predicted octanol–water partition coefficient (Wildman–Crippen LogP) is 1.83. The molecule has 0 bridgehead atoms. The first-order valence-electron chi connectivity index (χ1n) is 6.68. The lowest BCUT2D eigenvalue weighted by Gasteiger charge is -2.26. The molecule has 1 aliphatic rings. The monoisotopic (exact) mass is 243 g/mol. The SMILES string of the molecule is CCCCOC(=O)CN(C)CC1CCCCO1. The van der Waals surface area contributed by atoms with Gasteiger partial charge in [-0.2, -0.15) is 0 Å². The number of likely N-dealkylation sites (N-methyl/N-ethyl adjacent to an activating group) is 1. The third-order valence-electron chi connectivity index (χ3n) is 2.95. The van der Waals surface area contributed by atoms with Gasteiger partial charge < -0.3 is 9.47 Å². The summed E-state index contributed by atoms with van der Waals surface area (Å²) >= 11 is 0. The number of hydrogen-bond acceptors (Lipinski definition) is 4. The summed E-state index contributed by atoms with van der Waals surface area (Å²) in [5.74, 6) is -0.128. The molecule has 0 aromatic rings. The Morgan fingerprint density at radius 3 is 2.94 bits per heavy atom. The van der Waals surface area contributed by atoms with Crippen LogP contribution in [0.4, 0.5) is 0 Å². The summed E-state index contributed by atoms with van der Waals surface area (Å²) in [7, 11) is 1.94. The van der Waals surface area contributed by atoms with Crippen molar-refractivity contribution in [2.45, 2.75) is 45.1 Å². The zero-order valence-electron chi connectivity index (χ0n) is 11.1. The van der Waals surface area contributed by atoms with Crippen LogP contribution in [0.1, 0.15) is 39.0 Å². The van der Waals surface area contributed by atoms with Crippen LogP contribution in [0.5, 0.6) is 0 Å². The molecule has 1 rings (SSSR count). The van der Waals surface area contributed by atoms with Gasteiger partial charge in [0, 0.05) is 13.2 Å². The smallest absolute Gasteiger partial charge is 0.320 e. The Morgan fingerprint density at radius 1 is 1.47 bits per heavy atom. The fourth-order valence-corrected chi connectivity index (χ4v) is 1.96.